The van der Waals surface area contributed by atoms with E-state index in [1.807, 2.05) is 24.4 Å². The van der Waals surface area contributed by atoms with Gasteiger partial charge in [0.25, 0.3) is 0 Å². The molecule has 0 aromatic carbocycles. The molecule has 0 aliphatic heterocycles. The normalized spacial score (nSPS) is 19.4. The monoisotopic (exact) mass is 212 g/mol. The lowest BCUT2D eigenvalue weighted by molar-refractivity contribution is 0.337. The summed E-state index contributed by atoms with van der Waals surface area (Å²) >= 11 is 0. The van der Waals surface area contributed by atoms with Crippen molar-refractivity contribution in [2.24, 2.45) is 5.41 Å². The first-order valence-corrected chi connectivity index (χ1v) is 5.85. The highest BCUT2D eigenvalue weighted by molar-refractivity contribution is 5.49. The number of allylic oxidation sites excluding steroid dienone is 1. The molecule has 1 aromatic rings. The van der Waals surface area contributed by atoms with E-state index in [-0.39, 0.29) is 5.41 Å². The maximum absolute atomic E-state index is 9.30. The zero-order chi connectivity index (χ0) is 11.3. The van der Waals surface area contributed by atoms with Crippen LogP contribution in [0.25, 0.3) is 6.08 Å². The number of hydrogen-bond acceptors (Lipinski definition) is 2. The molecule has 1 saturated carbocycles. The van der Waals surface area contributed by atoms with Crippen molar-refractivity contribution in [1.82, 2.24) is 4.98 Å². The fourth-order valence-corrected chi connectivity index (χ4v) is 2.23. The SMILES string of the molecule is N#CC1(/C=C/c2cccnc2)CCCCC1. The zero-order valence-electron chi connectivity index (χ0n) is 9.39. The van der Waals surface area contributed by atoms with Crippen molar-refractivity contribution in [3.05, 3.63) is 36.2 Å². The summed E-state index contributed by atoms with van der Waals surface area (Å²) in [6.45, 7) is 0. The van der Waals surface area contributed by atoms with Crippen LogP contribution in [0.3, 0.4) is 0 Å². The summed E-state index contributed by atoms with van der Waals surface area (Å²) in [6.07, 6.45) is 13.3. The summed E-state index contributed by atoms with van der Waals surface area (Å²) in [5.74, 6) is 0. The minimum Gasteiger partial charge on any atom is -0.264 e. The Morgan fingerprint density at radius 2 is 2.12 bits per heavy atom. The van der Waals surface area contributed by atoms with Crippen molar-refractivity contribution in [1.29, 1.82) is 5.26 Å². The van der Waals surface area contributed by atoms with E-state index in [1.54, 1.807) is 6.20 Å². The summed E-state index contributed by atoms with van der Waals surface area (Å²) < 4.78 is 0. The fourth-order valence-electron chi connectivity index (χ4n) is 2.23. The molecule has 1 aromatic heterocycles. The Morgan fingerprint density at radius 1 is 1.31 bits per heavy atom. The van der Waals surface area contributed by atoms with E-state index < -0.39 is 0 Å². The van der Waals surface area contributed by atoms with Gasteiger partial charge in [-0.2, -0.15) is 5.26 Å². The van der Waals surface area contributed by atoms with Crippen molar-refractivity contribution in [2.45, 2.75) is 32.1 Å². The predicted molar refractivity (Wildman–Crippen MR) is 64.4 cm³/mol. The molecule has 1 heterocycles. The van der Waals surface area contributed by atoms with Crippen LogP contribution in [0, 0.1) is 16.7 Å². The van der Waals surface area contributed by atoms with Gasteiger partial charge in [-0.05, 0) is 24.5 Å². The summed E-state index contributed by atoms with van der Waals surface area (Å²) in [5.41, 5.74) is 0.844. The highest BCUT2D eigenvalue weighted by atomic mass is 14.6. The molecule has 82 valence electrons. The van der Waals surface area contributed by atoms with Gasteiger partial charge in [0, 0.05) is 12.4 Å². The Labute approximate surface area is 96.6 Å². The van der Waals surface area contributed by atoms with Gasteiger partial charge in [0.05, 0.1) is 11.5 Å². The highest BCUT2D eigenvalue weighted by Crippen LogP contribution is 2.37. The quantitative estimate of drug-likeness (QED) is 0.751. The second kappa shape index (κ2) is 4.94. The Morgan fingerprint density at radius 3 is 2.75 bits per heavy atom. The molecule has 0 N–H and O–H groups in total. The Kier molecular flexibility index (Phi) is 3.36. The lowest BCUT2D eigenvalue weighted by Gasteiger charge is -2.27. The van der Waals surface area contributed by atoms with Gasteiger partial charge in [-0.1, -0.05) is 37.5 Å². The fraction of sp³-hybridized carbons (Fsp3) is 0.429. The van der Waals surface area contributed by atoms with Gasteiger partial charge in [0.1, 0.15) is 0 Å². The van der Waals surface area contributed by atoms with Crippen LogP contribution in [0.5, 0.6) is 0 Å². The van der Waals surface area contributed by atoms with E-state index in [9.17, 15) is 5.26 Å². The Bertz CT molecular complexity index is 394. The number of rotatable bonds is 2. The van der Waals surface area contributed by atoms with Gasteiger partial charge in [0.15, 0.2) is 0 Å². The molecule has 1 aliphatic carbocycles. The average molecular weight is 212 g/mol. The number of pyridine rings is 1. The minimum absolute atomic E-state index is 0.228. The van der Waals surface area contributed by atoms with Gasteiger partial charge in [-0.15, -0.1) is 0 Å². The molecule has 1 fully saturated rings. The Balaban J connectivity index is 2.13. The van der Waals surface area contributed by atoms with Crippen LogP contribution in [-0.4, -0.2) is 4.98 Å². The molecular formula is C14H16N2. The van der Waals surface area contributed by atoms with Crippen LogP contribution >= 0.6 is 0 Å². The number of nitriles is 1. The first-order valence-electron chi connectivity index (χ1n) is 5.85. The van der Waals surface area contributed by atoms with E-state index in [1.165, 1.54) is 19.3 Å². The standard InChI is InChI=1S/C14H16N2/c15-12-14(7-2-1-3-8-14)9-6-13-5-4-10-16-11-13/h4-6,9-11H,1-3,7-8H2/b9-6+. The third-order valence-electron chi connectivity index (χ3n) is 3.25. The molecule has 2 rings (SSSR count). The third kappa shape index (κ3) is 2.49. The lowest BCUT2D eigenvalue weighted by atomic mass is 9.75. The van der Waals surface area contributed by atoms with E-state index in [0.29, 0.717) is 0 Å². The second-order valence-electron chi connectivity index (χ2n) is 4.45. The van der Waals surface area contributed by atoms with Crippen LogP contribution in [-0.2, 0) is 0 Å². The maximum atomic E-state index is 9.30. The van der Waals surface area contributed by atoms with Crippen LogP contribution in [0.15, 0.2) is 30.6 Å². The lowest BCUT2D eigenvalue weighted by Crippen LogP contribution is -2.18. The first kappa shape index (κ1) is 10.9. The third-order valence-corrected chi connectivity index (χ3v) is 3.25. The van der Waals surface area contributed by atoms with Crippen molar-refractivity contribution >= 4 is 6.08 Å². The van der Waals surface area contributed by atoms with Crippen molar-refractivity contribution in [3.63, 3.8) is 0 Å². The number of hydrogen-bond donors (Lipinski definition) is 0. The topological polar surface area (TPSA) is 36.7 Å². The molecule has 0 unspecified atom stereocenters. The predicted octanol–water partition coefficient (Wildman–Crippen LogP) is 3.57. The van der Waals surface area contributed by atoms with Gasteiger partial charge < -0.3 is 0 Å². The highest BCUT2D eigenvalue weighted by Gasteiger charge is 2.28. The van der Waals surface area contributed by atoms with Crippen LogP contribution < -0.4 is 0 Å². The van der Waals surface area contributed by atoms with Gasteiger partial charge in [0.2, 0.25) is 0 Å². The number of nitrogens with zero attached hydrogens (tertiary/aromatic N) is 2. The van der Waals surface area contributed by atoms with Crippen LogP contribution in [0.4, 0.5) is 0 Å². The first-order chi connectivity index (χ1) is 7.85. The smallest absolute Gasteiger partial charge is 0.0756 e. The zero-order valence-corrected chi connectivity index (χ0v) is 9.39. The van der Waals surface area contributed by atoms with Gasteiger partial charge in [-0.25, -0.2) is 0 Å². The molecule has 0 amide bonds. The van der Waals surface area contributed by atoms with E-state index in [4.69, 9.17) is 0 Å². The van der Waals surface area contributed by atoms with Gasteiger partial charge in [-0.3, -0.25) is 4.98 Å². The summed E-state index contributed by atoms with van der Waals surface area (Å²) in [4.78, 5) is 4.06. The van der Waals surface area contributed by atoms with Crippen molar-refractivity contribution < 1.29 is 0 Å². The minimum atomic E-state index is -0.228. The van der Waals surface area contributed by atoms with E-state index >= 15 is 0 Å². The van der Waals surface area contributed by atoms with Crippen LogP contribution in [0.1, 0.15) is 37.7 Å². The molecule has 0 bridgehead atoms. The molecule has 0 atom stereocenters. The molecule has 16 heavy (non-hydrogen) atoms. The van der Waals surface area contributed by atoms with E-state index in [0.717, 1.165) is 18.4 Å². The molecule has 2 nitrogen and oxygen atoms in total. The molecule has 2 heteroatoms. The van der Waals surface area contributed by atoms with Gasteiger partial charge >= 0.3 is 0 Å². The molecule has 1 aliphatic rings. The molecule has 0 saturated heterocycles. The summed E-state index contributed by atoms with van der Waals surface area (Å²) in [7, 11) is 0. The largest absolute Gasteiger partial charge is 0.264 e. The summed E-state index contributed by atoms with van der Waals surface area (Å²) in [6, 6.07) is 6.41. The Hall–Kier alpha value is -1.62. The molecular weight excluding hydrogens is 196 g/mol. The van der Waals surface area contributed by atoms with Crippen LogP contribution in [0.2, 0.25) is 0 Å². The van der Waals surface area contributed by atoms with Crippen molar-refractivity contribution in [3.8, 4) is 6.07 Å². The number of aromatic nitrogens is 1. The second-order valence-corrected chi connectivity index (χ2v) is 4.45. The molecule has 0 spiro atoms. The average Bonchev–Trinajstić information content (AvgIpc) is 2.39. The van der Waals surface area contributed by atoms with Crippen molar-refractivity contribution in [2.75, 3.05) is 0 Å². The van der Waals surface area contributed by atoms with E-state index in [2.05, 4.69) is 17.1 Å². The molecule has 0 radical (unpaired) electrons. The maximum Gasteiger partial charge on any atom is 0.0756 e. The summed E-state index contributed by atoms with van der Waals surface area (Å²) in [5, 5.41) is 9.30.